The number of nitrogens with one attached hydrogen (secondary N) is 2. The lowest BCUT2D eigenvalue weighted by atomic mass is 10.0. The molecule has 174 valence electrons. The highest BCUT2D eigenvalue weighted by Gasteiger charge is 2.18. The van der Waals surface area contributed by atoms with Gasteiger partial charge in [-0.1, -0.05) is 42.5 Å². The number of benzene rings is 3. The zero-order valence-electron chi connectivity index (χ0n) is 18.9. The van der Waals surface area contributed by atoms with Crippen molar-refractivity contribution in [1.82, 2.24) is 19.9 Å². The van der Waals surface area contributed by atoms with Crippen LogP contribution in [0.3, 0.4) is 0 Å². The summed E-state index contributed by atoms with van der Waals surface area (Å²) in [5.74, 6) is -0.103. The second-order valence-electron chi connectivity index (χ2n) is 8.39. The normalized spacial score (nSPS) is 11.3. The van der Waals surface area contributed by atoms with Crippen LogP contribution in [0.25, 0.3) is 38.3 Å². The first-order chi connectivity index (χ1) is 17.1. The summed E-state index contributed by atoms with van der Waals surface area (Å²) >= 11 is 0. The standard InChI is InChI=1S/C28H23F2N5/c1-31-18-35(13-12-21-16-32-25-11-3-2-10-24(21)25)17-26-33-27(19-6-4-8-22(29)14-19)28(34-26)20-7-5-9-23(30)15-20/h2-11,14-16,32H,12-13,17-18H2,(H,33,34). The number of aromatic amines is 2. The Labute approximate surface area is 201 Å². The Morgan fingerprint density at radius 1 is 0.914 bits per heavy atom. The lowest BCUT2D eigenvalue weighted by Crippen LogP contribution is -2.26. The molecule has 2 heterocycles. The molecule has 0 amide bonds. The van der Waals surface area contributed by atoms with E-state index in [1.807, 2.05) is 29.3 Å². The van der Waals surface area contributed by atoms with E-state index in [0.29, 0.717) is 41.4 Å². The fraction of sp³-hybridized carbons (Fsp3) is 0.143. The Morgan fingerprint density at radius 2 is 1.66 bits per heavy atom. The molecule has 0 atom stereocenters. The van der Waals surface area contributed by atoms with Crippen molar-refractivity contribution in [1.29, 1.82) is 0 Å². The summed E-state index contributed by atoms with van der Waals surface area (Å²) in [6.45, 7) is 8.69. The molecule has 0 radical (unpaired) electrons. The van der Waals surface area contributed by atoms with Crippen molar-refractivity contribution in [3.05, 3.63) is 113 Å². The van der Waals surface area contributed by atoms with E-state index in [0.717, 1.165) is 11.9 Å². The van der Waals surface area contributed by atoms with Gasteiger partial charge in [-0.15, -0.1) is 0 Å². The van der Waals surface area contributed by atoms with Gasteiger partial charge >= 0.3 is 0 Å². The molecule has 2 N–H and O–H groups in total. The first-order valence-electron chi connectivity index (χ1n) is 11.3. The summed E-state index contributed by atoms with van der Waals surface area (Å²) in [6, 6.07) is 20.6. The predicted octanol–water partition coefficient (Wildman–Crippen LogP) is 6.42. The molecule has 5 nitrogen and oxygen atoms in total. The average molecular weight is 468 g/mol. The van der Waals surface area contributed by atoms with Crippen molar-refractivity contribution in [2.75, 3.05) is 13.2 Å². The van der Waals surface area contributed by atoms with Gasteiger partial charge < -0.3 is 9.97 Å². The van der Waals surface area contributed by atoms with Gasteiger partial charge in [0, 0.05) is 34.8 Å². The van der Waals surface area contributed by atoms with E-state index >= 15 is 0 Å². The van der Waals surface area contributed by atoms with Crippen LogP contribution >= 0.6 is 0 Å². The van der Waals surface area contributed by atoms with Crippen LogP contribution in [0.4, 0.5) is 8.78 Å². The van der Waals surface area contributed by atoms with E-state index in [9.17, 15) is 8.78 Å². The number of H-pyrrole nitrogens is 2. The Balaban J connectivity index is 1.43. The second-order valence-corrected chi connectivity index (χ2v) is 8.39. The summed E-state index contributed by atoms with van der Waals surface area (Å²) < 4.78 is 27.9. The number of rotatable bonds is 8. The predicted molar refractivity (Wildman–Crippen MR) is 133 cm³/mol. The van der Waals surface area contributed by atoms with Gasteiger partial charge in [0.15, 0.2) is 0 Å². The molecule has 0 unspecified atom stereocenters. The van der Waals surface area contributed by atoms with Gasteiger partial charge in [0.05, 0.1) is 17.9 Å². The SMILES string of the molecule is [C-]#[N+]CN(CCc1c[nH]c2ccccc12)Cc1nc(-c2cccc(F)c2)c(-c2cccc(F)c2)[nH]1. The topological polar surface area (TPSA) is 52.1 Å². The lowest BCUT2D eigenvalue weighted by Gasteiger charge is -2.14. The number of aromatic nitrogens is 3. The van der Waals surface area contributed by atoms with Crippen molar-refractivity contribution < 1.29 is 8.78 Å². The molecular weight excluding hydrogens is 444 g/mol. The Morgan fingerprint density at radius 3 is 2.43 bits per heavy atom. The molecule has 7 heteroatoms. The number of hydrogen-bond donors (Lipinski definition) is 2. The number of fused-ring (bicyclic) bond motifs is 1. The fourth-order valence-electron chi connectivity index (χ4n) is 4.32. The van der Waals surface area contributed by atoms with Crippen LogP contribution < -0.4 is 0 Å². The van der Waals surface area contributed by atoms with E-state index in [1.54, 1.807) is 24.3 Å². The molecular formula is C28H23F2N5. The van der Waals surface area contributed by atoms with E-state index in [2.05, 4.69) is 20.9 Å². The minimum atomic E-state index is -0.370. The quantitative estimate of drug-likeness (QED) is 0.259. The second kappa shape index (κ2) is 9.92. The van der Waals surface area contributed by atoms with Crippen molar-refractivity contribution >= 4 is 10.9 Å². The Bertz CT molecular complexity index is 1450. The molecule has 3 aromatic carbocycles. The summed E-state index contributed by atoms with van der Waals surface area (Å²) in [4.78, 5) is 16.9. The summed E-state index contributed by atoms with van der Waals surface area (Å²) in [6.07, 6.45) is 2.78. The van der Waals surface area contributed by atoms with E-state index in [-0.39, 0.29) is 18.3 Å². The minimum Gasteiger partial charge on any atom is -0.361 e. The molecule has 0 bridgehead atoms. The zero-order valence-corrected chi connectivity index (χ0v) is 18.9. The third-order valence-corrected chi connectivity index (χ3v) is 5.98. The number of halogens is 2. The molecule has 0 saturated heterocycles. The van der Waals surface area contributed by atoms with Gasteiger partial charge in [-0.2, -0.15) is 0 Å². The molecule has 0 spiro atoms. The maximum atomic E-state index is 14.0. The van der Waals surface area contributed by atoms with Crippen LogP contribution in [0.5, 0.6) is 0 Å². The Kier molecular flexibility index (Phi) is 6.38. The molecule has 2 aromatic heterocycles. The van der Waals surface area contributed by atoms with E-state index in [1.165, 1.54) is 35.2 Å². The number of hydrogen-bond acceptors (Lipinski definition) is 2. The molecule has 5 rings (SSSR count). The minimum absolute atomic E-state index is 0.216. The van der Waals surface area contributed by atoms with Gasteiger partial charge in [-0.25, -0.2) is 25.2 Å². The van der Waals surface area contributed by atoms with Gasteiger partial charge in [-0.05, 0) is 42.3 Å². The highest BCUT2D eigenvalue weighted by molar-refractivity contribution is 5.83. The molecule has 0 saturated carbocycles. The van der Waals surface area contributed by atoms with Gasteiger partial charge in [0.1, 0.15) is 17.5 Å². The van der Waals surface area contributed by atoms with E-state index < -0.39 is 0 Å². The summed E-state index contributed by atoms with van der Waals surface area (Å²) in [7, 11) is 0. The largest absolute Gasteiger partial charge is 0.361 e. The summed E-state index contributed by atoms with van der Waals surface area (Å²) in [5.41, 5.74) is 4.66. The third-order valence-electron chi connectivity index (χ3n) is 5.98. The maximum absolute atomic E-state index is 14.0. The first-order valence-corrected chi connectivity index (χ1v) is 11.3. The number of nitrogens with zero attached hydrogens (tertiary/aromatic N) is 3. The van der Waals surface area contributed by atoms with Crippen molar-refractivity contribution in [2.45, 2.75) is 13.0 Å². The number of imidazole rings is 1. The fourth-order valence-corrected chi connectivity index (χ4v) is 4.32. The molecule has 35 heavy (non-hydrogen) atoms. The van der Waals surface area contributed by atoms with Crippen LogP contribution in [-0.4, -0.2) is 33.1 Å². The number of para-hydroxylation sites is 1. The van der Waals surface area contributed by atoms with Crippen LogP contribution in [-0.2, 0) is 13.0 Å². The van der Waals surface area contributed by atoms with Crippen LogP contribution in [0, 0.1) is 18.2 Å². The van der Waals surface area contributed by atoms with E-state index in [4.69, 9.17) is 11.6 Å². The highest BCUT2D eigenvalue weighted by Crippen LogP contribution is 2.31. The third kappa shape index (κ3) is 4.98. The first kappa shape index (κ1) is 22.5. The van der Waals surface area contributed by atoms with Crippen LogP contribution in [0.2, 0.25) is 0 Å². The van der Waals surface area contributed by atoms with Crippen LogP contribution in [0.1, 0.15) is 11.4 Å². The van der Waals surface area contributed by atoms with Crippen LogP contribution in [0.15, 0.2) is 79.0 Å². The molecule has 5 aromatic rings. The van der Waals surface area contributed by atoms with Gasteiger partial charge in [0.25, 0.3) is 6.67 Å². The average Bonchev–Trinajstić information content (AvgIpc) is 3.47. The lowest BCUT2D eigenvalue weighted by molar-refractivity contribution is 0.291. The van der Waals surface area contributed by atoms with Crippen molar-refractivity contribution in [3.8, 4) is 22.5 Å². The van der Waals surface area contributed by atoms with Crippen molar-refractivity contribution in [2.24, 2.45) is 0 Å². The molecule has 0 aliphatic rings. The molecule has 0 fully saturated rings. The van der Waals surface area contributed by atoms with Gasteiger partial charge in [-0.3, -0.25) is 4.85 Å². The highest BCUT2D eigenvalue weighted by atomic mass is 19.1. The smallest absolute Gasteiger partial charge is 0.271 e. The molecule has 0 aliphatic heterocycles. The van der Waals surface area contributed by atoms with Gasteiger partial charge in [0.2, 0.25) is 0 Å². The zero-order chi connectivity index (χ0) is 24.2. The molecule has 0 aliphatic carbocycles. The monoisotopic (exact) mass is 467 g/mol. The Hall–Kier alpha value is -4.28. The van der Waals surface area contributed by atoms with Crippen molar-refractivity contribution in [3.63, 3.8) is 0 Å². The summed E-state index contributed by atoms with van der Waals surface area (Å²) in [5, 5.41) is 1.18. The maximum Gasteiger partial charge on any atom is 0.271 e.